The summed E-state index contributed by atoms with van der Waals surface area (Å²) >= 11 is 0. The van der Waals surface area contributed by atoms with Gasteiger partial charge in [-0.1, -0.05) is 6.07 Å². The molecule has 0 fully saturated rings. The number of anilines is 1. The zero-order chi connectivity index (χ0) is 17.5. The molecule has 7 heteroatoms. The molecule has 2 aromatic heterocycles. The van der Waals surface area contributed by atoms with E-state index in [9.17, 15) is 4.39 Å². The summed E-state index contributed by atoms with van der Waals surface area (Å²) in [5.74, 6) is 0.546. The minimum atomic E-state index is -0.471. The Morgan fingerprint density at radius 2 is 1.76 bits per heavy atom. The molecule has 2 heterocycles. The first-order valence-electron chi connectivity index (χ1n) is 8.26. The Hall–Kier alpha value is -2.38. The maximum atomic E-state index is 11.8. The molecule has 0 bridgehead atoms. The number of hydrogen-bond acceptors (Lipinski definition) is 5. The number of fused-ring (bicyclic) bond motifs is 3. The van der Waals surface area contributed by atoms with Crippen molar-refractivity contribution in [3.63, 3.8) is 0 Å². The van der Waals surface area contributed by atoms with E-state index in [2.05, 4.69) is 27.4 Å². The number of aromatic nitrogens is 2. The van der Waals surface area contributed by atoms with E-state index in [1.165, 1.54) is 0 Å². The van der Waals surface area contributed by atoms with E-state index in [-0.39, 0.29) is 6.61 Å². The van der Waals surface area contributed by atoms with E-state index < -0.39 is 6.67 Å². The second-order valence-electron chi connectivity index (χ2n) is 5.44. The van der Waals surface area contributed by atoms with Crippen molar-refractivity contribution >= 4 is 27.6 Å². The molecule has 0 aliphatic carbocycles. The van der Waals surface area contributed by atoms with Gasteiger partial charge >= 0.3 is 0 Å². The molecule has 2 N–H and O–H groups in total. The molecular weight excluding hydrogens is 325 g/mol. The third kappa shape index (κ3) is 4.37. The molecule has 25 heavy (non-hydrogen) atoms. The number of rotatable bonds is 10. The van der Waals surface area contributed by atoms with Crippen LogP contribution in [0.2, 0.25) is 0 Å². The fraction of sp³-hybridized carbons (Fsp3) is 0.389. The fourth-order valence-corrected chi connectivity index (χ4v) is 2.58. The lowest BCUT2D eigenvalue weighted by Gasteiger charge is -2.06. The lowest BCUT2D eigenvalue weighted by atomic mass is 10.2. The summed E-state index contributed by atoms with van der Waals surface area (Å²) in [7, 11) is 1.89. The van der Waals surface area contributed by atoms with E-state index in [4.69, 9.17) is 14.2 Å². The van der Waals surface area contributed by atoms with Crippen LogP contribution in [0, 0.1) is 0 Å². The number of aromatic amines is 1. The number of pyridine rings is 1. The molecule has 0 aliphatic rings. The maximum Gasteiger partial charge on any atom is 0.215 e. The molecule has 0 spiro atoms. The van der Waals surface area contributed by atoms with Gasteiger partial charge in [0.2, 0.25) is 5.88 Å². The highest BCUT2D eigenvalue weighted by Gasteiger charge is 2.07. The Labute approximate surface area is 145 Å². The van der Waals surface area contributed by atoms with E-state index in [0.29, 0.717) is 32.3 Å². The quantitative estimate of drug-likeness (QED) is 0.552. The summed E-state index contributed by atoms with van der Waals surface area (Å²) in [6.07, 6.45) is 0. The Bertz CT molecular complexity index is 822. The minimum Gasteiger partial charge on any atom is -0.475 e. The summed E-state index contributed by atoms with van der Waals surface area (Å²) in [6.45, 7) is 1.28. The number of benzene rings is 1. The predicted octanol–water partition coefficient (Wildman–Crippen LogP) is 3.14. The second-order valence-corrected chi connectivity index (χ2v) is 5.44. The van der Waals surface area contributed by atoms with Gasteiger partial charge in [0.1, 0.15) is 18.9 Å². The smallest absolute Gasteiger partial charge is 0.215 e. The van der Waals surface area contributed by atoms with Crippen molar-refractivity contribution in [1.29, 1.82) is 0 Å². The van der Waals surface area contributed by atoms with Crippen molar-refractivity contribution in [2.45, 2.75) is 0 Å². The highest BCUT2D eigenvalue weighted by Crippen LogP contribution is 2.27. The number of hydrogen-bond donors (Lipinski definition) is 2. The van der Waals surface area contributed by atoms with Gasteiger partial charge in [-0.2, -0.15) is 4.98 Å². The SMILES string of the molecule is CNc1ccc2c(c1)[nH]c1nc(OCCOCCOCCF)ccc12. The van der Waals surface area contributed by atoms with Crippen molar-refractivity contribution in [1.82, 2.24) is 9.97 Å². The first-order valence-corrected chi connectivity index (χ1v) is 8.26. The van der Waals surface area contributed by atoms with Gasteiger partial charge in [0.25, 0.3) is 0 Å². The predicted molar refractivity (Wildman–Crippen MR) is 96.3 cm³/mol. The lowest BCUT2D eigenvalue weighted by molar-refractivity contribution is 0.0321. The summed E-state index contributed by atoms with van der Waals surface area (Å²) in [5, 5.41) is 5.31. The van der Waals surface area contributed by atoms with Crippen LogP contribution in [0.15, 0.2) is 30.3 Å². The molecular formula is C18H22FN3O3. The summed E-state index contributed by atoms with van der Waals surface area (Å²) in [5.41, 5.74) is 2.87. The van der Waals surface area contributed by atoms with Crippen LogP contribution in [-0.4, -0.2) is 56.7 Å². The summed E-state index contributed by atoms with van der Waals surface area (Å²) < 4.78 is 27.8. The zero-order valence-electron chi connectivity index (χ0n) is 14.2. The average Bonchev–Trinajstić information content (AvgIpc) is 3.00. The highest BCUT2D eigenvalue weighted by atomic mass is 19.1. The van der Waals surface area contributed by atoms with Crippen LogP contribution < -0.4 is 10.1 Å². The van der Waals surface area contributed by atoms with Gasteiger partial charge in [0.15, 0.2) is 0 Å². The Kier molecular flexibility index (Phi) is 6.03. The fourth-order valence-electron chi connectivity index (χ4n) is 2.58. The first-order chi connectivity index (χ1) is 12.3. The number of ether oxygens (including phenoxy) is 3. The van der Waals surface area contributed by atoms with Crippen molar-refractivity contribution < 1.29 is 18.6 Å². The number of alkyl halides is 1. The number of halogens is 1. The molecule has 0 amide bonds. The van der Waals surface area contributed by atoms with Gasteiger partial charge < -0.3 is 24.5 Å². The van der Waals surface area contributed by atoms with E-state index in [0.717, 1.165) is 27.6 Å². The van der Waals surface area contributed by atoms with E-state index in [1.807, 2.05) is 25.2 Å². The minimum absolute atomic E-state index is 0.115. The molecule has 0 aliphatic heterocycles. The molecule has 0 unspecified atom stereocenters. The first kappa shape index (κ1) is 17.4. The van der Waals surface area contributed by atoms with Gasteiger partial charge in [0, 0.05) is 35.1 Å². The van der Waals surface area contributed by atoms with Crippen LogP contribution in [-0.2, 0) is 9.47 Å². The zero-order valence-corrected chi connectivity index (χ0v) is 14.2. The normalized spacial score (nSPS) is 11.3. The monoisotopic (exact) mass is 347 g/mol. The standard InChI is InChI=1S/C18H22FN3O3/c1-20-13-2-3-14-15-4-5-17(22-18(15)21-16(14)12-13)25-11-10-24-9-8-23-7-6-19/h2-5,12,20H,6-11H2,1H3,(H,21,22). The molecule has 134 valence electrons. The van der Waals surface area contributed by atoms with Crippen LogP contribution in [0.1, 0.15) is 0 Å². The Morgan fingerprint density at radius 3 is 2.56 bits per heavy atom. The molecule has 1 aromatic carbocycles. The average molecular weight is 347 g/mol. The van der Waals surface area contributed by atoms with Crippen LogP contribution >= 0.6 is 0 Å². The Balaban J connectivity index is 1.55. The van der Waals surface area contributed by atoms with E-state index >= 15 is 0 Å². The largest absolute Gasteiger partial charge is 0.475 e. The maximum absolute atomic E-state index is 11.8. The summed E-state index contributed by atoms with van der Waals surface area (Å²) in [4.78, 5) is 7.82. The van der Waals surface area contributed by atoms with Crippen molar-refractivity contribution in [2.75, 3.05) is 52.1 Å². The molecule has 0 saturated heterocycles. The summed E-state index contributed by atoms with van der Waals surface area (Å²) in [6, 6.07) is 10.0. The number of nitrogens with one attached hydrogen (secondary N) is 2. The molecule has 0 atom stereocenters. The van der Waals surface area contributed by atoms with Gasteiger partial charge in [-0.05, 0) is 18.2 Å². The highest BCUT2D eigenvalue weighted by molar-refractivity contribution is 6.06. The Morgan fingerprint density at radius 1 is 1.00 bits per heavy atom. The lowest BCUT2D eigenvalue weighted by Crippen LogP contribution is -2.11. The van der Waals surface area contributed by atoms with E-state index in [1.54, 1.807) is 0 Å². The van der Waals surface area contributed by atoms with Gasteiger partial charge in [-0.25, -0.2) is 4.39 Å². The van der Waals surface area contributed by atoms with Crippen LogP contribution in [0.4, 0.5) is 10.1 Å². The van der Waals surface area contributed by atoms with Gasteiger partial charge in [0.05, 0.1) is 26.4 Å². The van der Waals surface area contributed by atoms with Crippen LogP contribution in [0.3, 0.4) is 0 Å². The topological polar surface area (TPSA) is 68.4 Å². The van der Waals surface area contributed by atoms with Gasteiger partial charge in [-0.3, -0.25) is 0 Å². The van der Waals surface area contributed by atoms with Crippen molar-refractivity contribution in [2.24, 2.45) is 0 Å². The molecule has 6 nitrogen and oxygen atoms in total. The molecule has 0 radical (unpaired) electrons. The molecule has 3 aromatic rings. The van der Waals surface area contributed by atoms with Crippen molar-refractivity contribution in [3.8, 4) is 5.88 Å². The van der Waals surface area contributed by atoms with Crippen LogP contribution in [0.5, 0.6) is 5.88 Å². The number of nitrogens with zero attached hydrogens (tertiary/aromatic N) is 1. The number of H-pyrrole nitrogens is 1. The molecule has 3 rings (SSSR count). The third-order valence-electron chi connectivity index (χ3n) is 3.79. The molecule has 0 saturated carbocycles. The third-order valence-corrected chi connectivity index (χ3v) is 3.79. The van der Waals surface area contributed by atoms with Gasteiger partial charge in [-0.15, -0.1) is 0 Å². The second kappa shape index (κ2) is 8.64. The van der Waals surface area contributed by atoms with Crippen molar-refractivity contribution in [3.05, 3.63) is 30.3 Å². The van der Waals surface area contributed by atoms with Crippen LogP contribution in [0.25, 0.3) is 21.9 Å².